The molecule has 1 aliphatic rings. The highest BCUT2D eigenvalue weighted by Crippen LogP contribution is 2.43. The molecule has 1 atom stereocenters. The monoisotopic (exact) mass is 568 g/mol. The van der Waals surface area contributed by atoms with Crippen LogP contribution in [0.25, 0.3) is 0 Å². The molecular formula is C25H20Cl4N2O5. The SMILES string of the molecule is COc1ccc(CN2C(=O)COc3c(ccc(Cl)c3Cl)C2C(=O)Nc2ccc(Cl)c(Cl)c2)c(OC)c1. The van der Waals surface area contributed by atoms with Crippen molar-refractivity contribution >= 4 is 63.9 Å². The summed E-state index contributed by atoms with van der Waals surface area (Å²) in [5, 5.41) is 3.76. The van der Waals surface area contributed by atoms with Crippen LogP contribution in [0, 0.1) is 0 Å². The van der Waals surface area contributed by atoms with E-state index in [1.54, 1.807) is 49.6 Å². The lowest BCUT2D eigenvalue weighted by molar-refractivity contribution is -0.140. The maximum Gasteiger partial charge on any atom is 0.261 e. The van der Waals surface area contributed by atoms with Gasteiger partial charge in [0.15, 0.2) is 6.61 Å². The molecule has 0 radical (unpaired) electrons. The number of methoxy groups -OCH3 is 2. The highest BCUT2D eigenvalue weighted by atomic mass is 35.5. The van der Waals surface area contributed by atoms with Crippen molar-refractivity contribution in [3.8, 4) is 17.2 Å². The van der Waals surface area contributed by atoms with Gasteiger partial charge in [0.25, 0.3) is 11.8 Å². The molecule has 3 aromatic rings. The Morgan fingerprint density at radius 2 is 1.75 bits per heavy atom. The average molecular weight is 570 g/mol. The Kier molecular flexibility index (Phi) is 8.05. The van der Waals surface area contributed by atoms with E-state index in [1.807, 2.05) is 0 Å². The van der Waals surface area contributed by atoms with Crippen molar-refractivity contribution in [1.29, 1.82) is 0 Å². The third kappa shape index (κ3) is 5.30. The molecule has 0 aliphatic carbocycles. The number of carbonyl (C=O) groups excluding carboxylic acids is 2. The number of rotatable bonds is 6. The number of anilines is 1. The Hall–Kier alpha value is -2.84. The van der Waals surface area contributed by atoms with Crippen LogP contribution >= 0.6 is 46.4 Å². The van der Waals surface area contributed by atoms with Gasteiger partial charge in [-0.2, -0.15) is 0 Å². The van der Waals surface area contributed by atoms with E-state index in [1.165, 1.54) is 18.1 Å². The molecule has 2 amide bonds. The summed E-state index contributed by atoms with van der Waals surface area (Å²) in [7, 11) is 3.05. The van der Waals surface area contributed by atoms with Gasteiger partial charge in [-0.3, -0.25) is 9.59 Å². The zero-order chi connectivity index (χ0) is 26.0. The first-order chi connectivity index (χ1) is 17.2. The number of carbonyl (C=O) groups is 2. The van der Waals surface area contributed by atoms with Crippen molar-refractivity contribution in [2.45, 2.75) is 12.6 Å². The second kappa shape index (κ2) is 11.0. The lowest BCUT2D eigenvalue weighted by Gasteiger charge is -2.30. The van der Waals surface area contributed by atoms with Crippen molar-refractivity contribution in [3.63, 3.8) is 0 Å². The fraction of sp³-hybridized carbons (Fsp3) is 0.200. The molecule has 36 heavy (non-hydrogen) atoms. The van der Waals surface area contributed by atoms with Gasteiger partial charge in [0.1, 0.15) is 28.3 Å². The van der Waals surface area contributed by atoms with Gasteiger partial charge in [0.05, 0.1) is 35.8 Å². The van der Waals surface area contributed by atoms with Crippen LogP contribution in [-0.4, -0.2) is 37.5 Å². The van der Waals surface area contributed by atoms with Crippen molar-refractivity contribution in [3.05, 3.63) is 79.7 Å². The number of amides is 2. The van der Waals surface area contributed by atoms with Crippen molar-refractivity contribution in [2.75, 3.05) is 26.1 Å². The Morgan fingerprint density at radius 1 is 1.00 bits per heavy atom. The van der Waals surface area contributed by atoms with Crippen LogP contribution in [0.1, 0.15) is 17.2 Å². The lowest BCUT2D eigenvalue weighted by Crippen LogP contribution is -2.41. The molecule has 0 saturated heterocycles. The van der Waals surface area contributed by atoms with Crippen LogP contribution in [0.15, 0.2) is 48.5 Å². The van der Waals surface area contributed by atoms with Gasteiger partial charge in [-0.05, 0) is 36.4 Å². The van der Waals surface area contributed by atoms with Gasteiger partial charge in [-0.15, -0.1) is 0 Å². The van der Waals surface area contributed by atoms with Gasteiger partial charge < -0.3 is 24.4 Å². The van der Waals surface area contributed by atoms with E-state index >= 15 is 0 Å². The van der Waals surface area contributed by atoms with Crippen LogP contribution in [0.2, 0.25) is 20.1 Å². The van der Waals surface area contributed by atoms with Gasteiger partial charge in [-0.25, -0.2) is 0 Å². The smallest absolute Gasteiger partial charge is 0.261 e. The molecular weight excluding hydrogens is 550 g/mol. The first kappa shape index (κ1) is 26.2. The molecule has 0 saturated carbocycles. The first-order valence-corrected chi connectivity index (χ1v) is 12.1. The molecule has 0 bridgehead atoms. The van der Waals surface area contributed by atoms with Crippen molar-refractivity contribution in [2.24, 2.45) is 0 Å². The summed E-state index contributed by atoms with van der Waals surface area (Å²) < 4.78 is 16.5. The van der Waals surface area contributed by atoms with Crippen LogP contribution in [0.5, 0.6) is 17.2 Å². The Labute approximate surface area is 227 Å². The summed E-state index contributed by atoms with van der Waals surface area (Å²) in [6, 6.07) is 11.9. The molecule has 1 unspecified atom stereocenters. The Morgan fingerprint density at radius 3 is 2.44 bits per heavy atom. The summed E-state index contributed by atoms with van der Waals surface area (Å²) in [4.78, 5) is 28.4. The molecule has 7 nitrogen and oxygen atoms in total. The fourth-order valence-electron chi connectivity index (χ4n) is 3.85. The maximum atomic E-state index is 13.7. The molecule has 0 aromatic heterocycles. The molecule has 188 valence electrons. The largest absolute Gasteiger partial charge is 0.497 e. The number of hydrogen-bond acceptors (Lipinski definition) is 5. The average Bonchev–Trinajstić information content (AvgIpc) is 3.00. The Bertz CT molecular complexity index is 1330. The van der Waals surface area contributed by atoms with Crippen LogP contribution in [-0.2, 0) is 16.1 Å². The number of ether oxygens (including phenoxy) is 3. The number of benzene rings is 3. The molecule has 3 aromatic carbocycles. The first-order valence-electron chi connectivity index (χ1n) is 10.6. The van der Waals surface area contributed by atoms with Gasteiger partial charge in [-0.1, -0.05) is 52.5 Å². The summed E-state index contributed by atoms with van der Waals surface area (Å²) in [6.45, 7) is -0.309. The van der Waals surface area contributed by atoms with E-state index in [4.69, 9.17) is 60.6 Å². The minimum absolute atomic E-state index is 0.0362. The number of nitrogens with one attached hydrogen (secondary N) is 1. The quantitative estimate of drug-likeness (QED) is 0.371. The molecule has 0 fully saturated rings. The van der Waals surface area contributed by atoms with Gasteiger partial charge >= 0.3 is 0 Å². The van der Waals surface area contributed by atoms with Crippen molar-refractivity contribution in [1.82, 2.24) is 4.90 Å². The summed E-state index contributed by atoms with van der Waals surface area (Å²) in [5.41, 5.74) is 1.43. The van der Waals surface area contributed by atoms with E-state index in [0.717, 1.165) is 0 Å². The highest BCUT2D eigenvalue weighted by Gasteiger charge is 2.38. The number of fused-ring (bicyclic) bond motifs is 1. The standard InChI is InChI=1S/C25H20Cl4N2O5/c1-34-15-5-3-13(20(10-15)35-2)11-31-21(32)12-36-24-16(6-8-18(27)22(24)29)23(31)25(33)30-14-4-7-17(26)19(28)9-14/h3-10,23H,11-12H2,1-2H3,(H,30,33). The predicted octanol–water partition coefficient (Wildman–Crippen LogP) is 6.42. The minimum Gasteiger partial charge on any atom is -0.497 e. The zero-order valence-electron chi connectivity index (χ0n) is 19.1. The van der Waals surface area contributed by atoms with E-state index < -0.39 is 17.9 Å². The van der Waals surface area contributed by atoms with Crippen molar-refractivity contribution < 1.29 is 23.8 Å². The third-order valence-corrected chi connectivity index (χ3v) is 7.14. The lowest BCUT2D eigenvalue weighted by atomic mass is 10.0. The van der Waals surface area contributed by atoms with E-state index in [2.05, 4.69) is 5.32 Å². The topological polar surface area (TPSA) is 77.1 Å². The van der Waals surface area contributed by atoms with E-state index in [0.29, 0.717) is 33.3 Å². The zero-order valence-corrected chi connectivity index (χ0v) is 22.1. The number of halogens is 4. The molecule has 4 rings (SSSR count). The predicted molar refractivity (Wildman–Crippen MR) is 140 cm³/mol. The summed E-state index contributed by atoms with van der Waals surface area (Å²) in [5.74, 6) is 0.285. The third-order valence-electron chi connectivity index (χ3n) is 5.62. The summed E-state index contributed by atoms with van der Waals surface area (Å²) >= 11 is 24.7. The molecule has 1 heterocycles. The van der Waals surface area contributed by atoms with Crippen LogP contribution in [0.4, 0.5) is 5.69 Å². The second-order valence-corrected chi connectivity index (χ2v) is 9.39. The second-order valence-electron chi connectivity index (χ2n) is 7.79. The number of nitrogens with zero attached hydrogens (tertiary/aromatic N) is 1. The minimum atomic E-state index is -1.12. The van der Waals surface area contributed by atoms with Gasteiger partial charge in [0, 0.05) is 22.9 Å². The van der Waals surface area contributed by atoms with Gasteiger partial charge in [0.2, 0.25) is 0 Å². The molecule has 0 spiro atoms. The Balaban J connectivity index is 1.79. The highest BCUT2D eigenvalue weighted by molar-refractivity contribution is 6.43. The molecule has 1 N–H and O–H groups in total. The fourth-order valence-corrected chi connectivity index (χ4v) is 4.52. The van der Waals surface area contributed by atoms with E-state index in [-0.39, 0.29) is 34.0 Å². The maximum absolute atomic E-state index is 13.7. The van der Waals surface area contributed by atoms with E-state index in [9.17, 15) is 9.59 Å². The van der Waals surface area contributed by atoms with Crippen LogP contribution < -0.4 is 19.5 Å². The molecule has 1 aliphatic heterocycles. The van der Waals surface area contributed by atoms with Crippen LogP contribution in [0.3, 0.4) is 0 Å². The normalized spacial score (nSPS) is 15.0. The summed E-state index contributed by atoms with van der Waals surface area (Å²) in [6.07, 6.45) is 0. The number of hydrogen-bond donors (Lipinski definition) is 1. The molecule has 11 heteroatoms.